The maximum atomic E-state index is 14.8. The van der Waals surface area contributed by atoms with Crippen molar-refractivity contribution < 1.29 is 84.5 Å². The third-order valence-electron chi connectivity index (χ3n) is 17.2. The minimum Gasteiger partial charge on any atom is -0.481 e. The van der Waals surface area contributed by atoms with Gasteiger partial charge in [-0.05, 0) is 110 Å². The molecule has 6 fully saturated rings. The summed E-state index contributed by atoms with van der Waals surface area (Å²) >= 11 is 0. The van der Waals surface area contributed by atoms with Crippen LogP contribution in [0, 0.1) is 50.2 Å². The second kappa shape index (κ2) is 15.9. The standard InChI is InChI=1S/C42H62O16.H3N.H2O/c1-37(2)21-8-11-42(7)31(20(43)16-18-19-17-39(4,36(53)54)13-12-38(19,3)14-15-41(18,42)6)40(21,5)10-9-22(37)55-35-30(26(47)25(46)29(57-35)33(51)52)58-34-27(48)23(44)24(45)28(56-34)32(49)50;;/h16,19,21-31,34-35,44-48H,8-15,17H2,1-7H3,(H,49,50)(H,51,52)(H,53,54);1H3;1H2. The Balaban J connectivity index is 0.00000341. The maximum absolute atomic E-state index is 14.8. The zero-order valence-corrected chi connectivity index (χ0v) is 35.6. The van der Waals surface area contributed by atoms with Gasteiger partial charge >= 0.3 is 17.9 Å². The van der Waals surface area contributed by atoms with Crippen LogP contribution in [0.25, 0.3) is 0 Å². The van der Waals surface area contributed by atoms with E-state index in [2.05, 4.69) is 27.7 Å². The molecule has 0 aromatic rings. The molecule has 7 rings (SSSR count). The zero-order valence-electron chi connectivity index (χ0n) is 35.6. The van der Waals surface area contributed by atoms with Gasteiger partial charge in [-0.2, -0.15) is 0 Å². The highest BCUT2D eigenvalue weighted by Gasteiger charge is 2.71. The molecule has 0 spiro atoms. The molecule has 19 unspecified atom stereocenters. The van der Waals surface area contributed by atoms with E-state index in [-0.39, 0.29) is 46.0 Å². The monoisotopic (exact) mass is 857 g/mol. The van der Waals surface area contributed by atoms with Gasteiger partial charge < -0.3 is 71.4 Å². The van der Waals surface area contributed by atoms with E-state index in [9.17, 15) is 60.0 Å². The van der Waals surface area contributed by atoms with Crippen molar-refractivity contribution >= 4 is 23.7 Å². The number of allylic oxidation sites excluding steroid dienone is 2. The smallest absolute Gasteiger partial charge is 0.335 e. The second-order valence-corrected chi connectivity index (χ2v) is 20.6. The Morgan fingerprint density at radius 2 is 1.27 bits per heavy atom. The summed E-state index contributed by atoms with van der Waals surface area (Å²) in [5, 5.41) is 83.0. The van der Waals surface area contributed by atoms with Crippen LogP contribution in [0.2, 0.25) is 0 Å². The summed E-state index contributed by atoms with van der Waals surface area (Å²) in [7, 11) is 0. The summed E-state index contributed by atoms with van der Waals surface area (Å²) in [6.45, 7) is 14.8. The van der Waals surface area contributed by atoms with Crippen molar-refractivity contribution in [2.45, 2.75) is 174 Å². The number of hydrogen-bond donors (Lipinski definition) is 9. The molecular weight excluding hydrogens is 790 g/mol. The largest absolute Gasteiger partial charge is 0.481 e. The molecule has 0 aromatic carbocycles. The van der Waals surface area contributed by atoms with Gasteiger partial charge in [-0.3, -0.25) is 9.59 Å². The van der Waals surface area contributed by atoms with Gasteiger partial charge in [0.2, 0.25) is 0 Å². The molecule has 2 heterocycles. The van der Waals surface area contributed by atoms with Gasteiger partial charge in [-0.15, -0.1) is 0 Å². The van der Waals surface area contributed by atoms with Gasteiger partial charge in [0.1, 0.15) is 36.6 Å². The summed E-state index contributed by atoms with van der Waals surface area (Å²) in [5.74, 6) is -4.47. The van der Waals surface area contributed by atoms with E-state index in [4.69, 9.17) is 18.9 Å². The highest BCUT2D eigenvalue weighted by molar-refractivity contribution is 5.95. The summed E-state index contributed by atoms with van der Waals surface area (Å²) in [5.41, 5.74) is -1.81. The van der Waals surface area contributed by atoms with Crippen molar-refractivity contribution in [1.29, 1.82) is 0 Å². The number of aliphatic hydroxyl groups is 5. The molecule has 2 aliphatic heterocycles. The van der Waals surface area contributed by atoms with Gasteiger partial charge in [0, 0.05) is 5.92 Å². The molecule has 18 nitrogen and oxygen atoms in total. The van der Waals surface area contributed by atoms with E-state index >= 15 is 0 Å². The first kappa shape index (κ1) is 48.4. The summed E-state index contributed by atoms with van der Waals surface area (Å²) in [4.78, 5) is 51.3. The number of ketones is 1. The highest BCUT2D eigenvalue weighted by Crippen LogP contribution is 2.75. The number of hydrogen-bond acceptors (Lipinski definition) is 14. The van der Waals surface area contributed by atoms with E-state index in [1.54, 1.807) is 0 Å². The van der Waals surface area contributed by atoms with E-state index in [0.717, 1.165) is 37.7 Å². The molecule has 0 bridgehead atoms. The fraction of sp³-hybridized carbons (Fsp3) is 0.857. The SMILES string of the molecule is CC1(C(=O)O)CCC2(C)CCC3(C)C(=CC(=O)C4C5(C)CCC(OC6OC(C(=O)O)C(O)C(O)C6OC6OC(C(=O)O)C(O)C(O)C6O)C(C)(C)C5CCC43C)C2C1.N.O. The molecule has 19 atom stereocenters. The van der Waals surface area contributed by atoms with Crippen LogP contribution < -0.4 is 6.15 Å². The number of carboxylic acid groups (broad SMARTS) is 3. The number of ether oxygens (including phenoxy) is 4. The molecular formula is C42H67NO17. The van der Waals surface area contributed by atoms with Gasteiger partial charge in [-0.1, -0.05) is 47.1 Å². The third-order valence-corrected chi connectivity index (χ3v) is 17.2. The lowest BCUT2D eigenvalue weighted by molar-refractivity contribution is -0.371. The van der Waals surface area contributed by atoms with Crippen LogP contribution in [0.3, 0.4) is 0 Å². The van der Waals surface area contributed by atoms with Crippen molar-refractivity contribution in [3.63, 3.8) is 0 Å². The molecule has 18 heteroatoms. The predicted octanol–water partition coefficient (Wildman–Crippen LogP) is 1.58. The van der Waals surface area contributed by atoms with E-state index in [1.165, 1.54) is 0 Å². The van der Waals surface area contributed by atoms with Crippen LogP contribution in [0.1, 0.15) is 106 Å². The third kappa shape index (κ3) is 6.96. The number of carbonyl (C=O) groups excluding carboxylic acids is 1. The van der Waals surface area contributed by atoms with Crippen molar-refractivity contribution in [3.8, 4) is 0 Å². The molecule has 0 amide bonds. The molecule has 5 aliphatic carbocycles. The maximum Gasteiger partial charge on any atom is 0.335 e. The average molecular weight is 858 g/mol. The normalized spacial score (nSPS) is 50.8. The molecule has 0 aromatic heterocycles. The Hall–Kier alpha value is -2.62. The number of aliphatic hydroxyl groups excluding tert-OH is 5. The van der Waals surface area contributed by atoms with Crippen molar-refractivity contribution in [3.05, 3.63) is 11.6 Å². The topological polar surface area (TPSA) is 334 Å². The Kier molecular flexibility index (Phi) is 12.8. The fourth-order valence-electron chi connectivity index (χ4n) is 13.4. The molecule has 2 saturated heterocycles. The summed E-state index contributed by atoms with van der Waals surface area (Å²) < 4.78 is 23.4. The molecule has 342 valence electrons. The average Bonchev–Trinajstić information content (AvgIpc) is 3.13. The van der Waals surface area contributed by atoms with Crippen molar-refractivity contribution in [2.75, 3.05) is 0 Å². The van der Waals surface area contributed by atoms with Crippen LogP contribution in [0.4, 0.5) is 0 Å². The summed E-state index contributed by atoms with van der Waals surface area (Å²) in [6.07, 6.45) is -12.2. The van der Waals surface area contributed by atoms with Gasteiger partial charge in [0.05, 0.1) is 11.5 Å². The quantitative estimate of drug-likeness (QED) is 0.164. The van der Waals surface area contributed by atoms with Gasteiger partial charge in [0.15, 0.2) is 30.6 Å². The van der Waals surface area contributed by atoms with Crippen LogP contribution in [-0.2, 0) is 38.1 Å². The Morgan fingerprint density at radius 1 is 0.700 bits per heavy atom. The first-order chi connectivity index (χ1) is 26.8. The minimum absolute atomic E-state index is 0. The number of rotatable bonds is 7. The van der Waals surface area contributed by atoms with Crippen LogP contribution >= 0.6 is 0 Å². The van der Waals surface area contributed by atoms with Crippen LogP contribution in [0.15, 0.2) is 11.6 Å². The Morgan fingerprint density at radius 3 is 1.85 bits per heavy atom. The Labute approximate surface area is 349 Å². The lowest BCUT2D eigenvalue weighted by Crippen LogP contribution is -2.68. The Bertz CT molecular complexity index is 1740. The number of carbonyl (C=O) groups is 4. The van der Waals surface area contributed by atoms with Crippen LogP contribution in [-0.4, -0.2) is 138 Å². The van der Waals surface area contributed by atoms with Crippen LogP contribution in [0.5, 0.6) is 0 Å². The molecule has 0 radical (unpaired) electrons. The molecule has 4 saturated carbocycles. The molecule has 60 heavy (non-hydrogen) atoms. The number of fused-ring (bicyclic) bond motifs is 7. The molecule has 7 aliphatic rings. The lowest BCUT2D eigenvalue weighted by Gasteiger charge is -2.70. The predicted molar refractivity (Wildman–Crippen MR) is 208 cm³/mol. The van der Waals surface area contributed by atoms with Crippen molar-refractivity contribution in [2.24, 2.45) is 50.2 Å². The summed E-state index contributed by atoms with van der Waals surface area (Å²) in [6, 6.07) is 0. The lowest BCUT2D eigenvalue weighted by atomic mass is 9.33. The first-order valence-electron chi connectivity index (χ1n) is 20.7. The fourth-order valence-corrected chi connectivity index (χ4v) is 13.4. The number of aliphatic carboxylic acids is 3. The highest BCUT2D eigenvalue weighted by atomic mass is 16.8. The van der Waals surface area contributed by atoms with Gasteiger partial charge in [0.25, 0.3) is 0 Å². The number of carboxylic acids is 3. The van der Waals surface area contributed by atoms with Crippen molar-refractivity contribution in [1.82, 2.24) is 6.15 Å². The second-order valence-electron chi connectivity index (χ2n) is 20.6. The minimum atomic E-state index is -2.05. The van der Waals surface area contributed by atoms with E-state index in [1.807, 2.05) is 26.8 Å². The molecule has 13 N–H and O–H groups in total. The zero-order chi connectivity index (χ0) is 42.9. The van der Waals surface area contributed by atoms with E-state index in [0.29, 0.717) is 25.7 Å². The van der Waals surface area contributed by atoms with Gasteiger partial charge in [-0.25, -0.2) is 9.59 Å². The first-order valence-corrected chi connectivity index (χ1v) is 20.7. The van der Waals surface area contributed by atoms with E-state index < -0.39 is 107 Å².